The van der Waals surface area contributed by atoms with Crippen molar-refractivity contribution in [3.63, 3.8) is 0 Å². The van der Waals surface area contributed by atoms with E-state index in [0.29, 0.717) is 5.92 Å². The molecule has 0 amide bonds. The summed E-state index contributed by atoms with van der Waals surface area (Å²) in [5, 5.41) is 0. The summed E-state index contributed by atoms with van der Waals surface area (Å²) >= 11 is 0. The van der Waals surface area contributed by atoms with E-state index in [0.717, 1.165) is 6.61 Å². The molecule has 0 aromatic heterocycles. The molecule has 1 unspecified atom stereocenters. The second-order valence-electron chi connectivity index (χ2n) is 3.82. The summed E-state index contributed by atoms with van der Waals surface area (Å²) in [6, 6.07) is -0.638. The van der Waals surface area contributed by atoms with Crippen LogP contribution in [0.5, 0.6) is 0 Å². The maximum Gasteiger partial charge on any atom is 0.325 e. The van der Waals surface area contributed by atoms with Crippen LogP contribution >= 0.6 is 0 Å². The molecule has 0 aromatic rings. The SMILES string of the molecule is COC(=O)C(N)COCC1CCCC1. The monoisotopic (exact) mass is 201 g/mol. The van der Waals surface area contributed by atoms with Crippen molar-refractivity contribution in [1.82, 2.24) is 0 Å². The van der Waals surface area contributed by atoms with Crippen molar-refractivity contribution in [2.24, 2.45) is 11.7 Å². The van der Waals surface area contributed by atoms with Gasteiger partial charge in [-0.2, -0.15) is 0 Å². The first kappa shape index (κ1) is 11.5. The molecule has 0 bridgehead atoms. The van der Waals surface area contributed by atoms with Crippen molar-refractivity contribution in [3.05, 3.63) is 0 Å². The number of hydrogen-bond acceptors (Lipinski definition) is 4. The molecule has 2 N–H and O–H groups in total. The van der Waals surface area contributed by atoms with Gasteiger partial charge in [0.05, 0.1) is 13.7 Å². The highest BCUT2D eigenvalue weighted by Crippen LogP contribution is 2.24. The van der Waals surface area contributed by atoms with Gasteiger partial charge in [0, 0.05) is 6.61 Å². The summed E-state index contributed by atoms with van der Waals surface area (Å²) in [6.07, 6.45) is 5.09. The normalized spacial score (nSPS) is 19.6. The molecular formula is C10H19NO3. The molecule has 4 heteroatoms. The summed E-state index contributed by atoms with van der Waals surface area (Å²) in [7, 11) is 1.33. The van der Waals surface area contributed by atoms with Crippen LogP contribution in [0, 0.1) is 5.92 Å². The van der Waals surface area contributed by atoms with Crippen molar-refractivity contribution in [2.75, 3.05) is 20.3 Å². The van der Waals surface area contributed by atoms with Crippen LogP contribution in [-0.4, -0.2) is 32.3 Å². The number of methoxy groups -OCH3 is 1. The van der Waals surface area contributed by atoms with Gasteiger partial charge in [-0.3, -0.25) is 4.79 Å². The third-order valence-corrected chi connectivity index (χ3v) is 2.63. The van der Waals surface area contributed by atoms with Crippen LogP contribution in [0.4, 0.5) is 0 Å². The average molecular weight is 201 g/mol. The van der Waals surface area contributed by atoms with E-state index in [9.17, 15) is 4.79 Å². The maximum atomic E-state index is 10.9. The minimum atomic E-state index is -0.638. The summed E-state index contributed by atoms with van der Waals surface area (Å²) in [4.78, 5) is 10.9. The van der Waals surface area contributed by atoms with Gasteiger partial charge in [-0.15, -0.1) is 0 Å². The zero-order chi connectivity index (χ0) is 10.4. The van der Waals surface area contributed by atoms with E-state index in [4.69, 9.17) is 10.5 Å². The Labute approximate surface area is 84.7 Å². The van der Waals surface area contributed by atoms with Gasteiger partial charge in [0.25, 0.3) is 0 Å². The van der Waals surface area contributed by atoms with Crippen LogP contribution in [-0.2, 0) is 14.3 Å². The molecule has 1 fully saturated rings. The third kappa shape index (κ3) is 3.64. The van der Waals surface area contributed by atoms with Gasteiger partial charge in [-0.1, -0.05) is 12.8 Å². The van der Waals surface area contributed by atoms with E-state index in [1.54, 1.807) is 0 Å². The molecule has 0 aromatic carbocycles. The fourth-order valence-electron chi connectivity index (χ4n) is 1.76. The van der Waals surface area contributed by atoms with E-state index in [-0.39, 0.29) is 6.61 Å². The molecule has 0 aliphatic heterocycles. The molecule has 1 saturated carbocycles. The van der Waals surface area contributed by atoms with E-state index in [1.165, 1.54) is 32.8 Å². The molecule has 1 aliphatic rings. The minimum Gasteiger partial charge on any atom is -0.468 e. The number of esters is 1. The molecule has 1 aliphatic carbocycles. The topological polar surface area (TPSA) is 61.5 Å². The van der Waals surface area contributed by atoms with Crippen molar-refractivity contribution >= 4 is 5.97 Å². The molecule has 0 heterocycles. The predicted molar refractivity (Wildman–Crippen MR) is 52.8 cm³/mol. The molecule has 82 valence electrons. The lowest BCUT2D eigenvalue weighted by Crippen LogP contribution is -2.36. The molecule has 1 atom stereocenters. The largest absolute Gasteiger partial charge is 0.468 e. The number of carbonyl (C=O) groups excluding carboxylic acids is 1. The minimum absolute atomic E-state index is 0.267. The number of ether oxygens (including phenoxy) is 2. The van der Waals surface area contributed by atoms with E-state index in [1.807, 2.05) is 0 Å². The summed E-state index contributed by atoms with van der Waals surface area (Å²) in [6.45, 7) is 0.994. The van der Waals surface area contributed by atoms with Gasteiger partial charge < -0.3 is 15.2 Å². The Hall–Kier alpha value is -0.610. The summed E-state index contributed by atoms with van der Waals surface area (Å²) < 4.78 is 9.87. The molecule has 4 nitrogen and oxygen atoms in total. The molecule has 1 rings (SSSR count). The molecule has 14 heavy (non-hydrogen) atoms. The fourth-order valence-corrected chi connectivity index (χ4v) is 1.76. The van der Waals surface area contributed by atoms with Gasteiger partial charge in [-0.25, -0.2) is 0 Å². The van der Waals surface area contributed by atoms with Crippen LogP contribution < -0.4 is 5.73 Å². The average Bonchev–Trinajstić information content (AvgIpc) is 2.69. The third-order valence-electron chi connectivity index (χ3n) is 2.63. The fraction of sp³-hybridized carbons (Fsp3) is 0.900. The van der Waals surface area contributed by atoms with Gasteiger partial charge >= 0.3 is 5.97 Å². The lowest BCUT2D eigenvalue weighted by molar-refractivity contribution is -0.143. The predicted octanol–water partition coefficient (Wildman–Crippen LogP) is 0.693. The summed E-state index contributed by atoms with van der Waals surface area (Å²) in [5.41, 5.74) is 5.51. The highest BCUT2D eigenvalue weighted by atomic mass is 16.5. The Balaban J connectivity index is 2.05. The highest BCUT2D eigenvalue weighted by Gasteiger charge is 2.17. The van der Waals surface area contributed by atoms with Crippen molar-refractivity contribution in [1.29, 1.82) is 0 Å². The lowest BCUT2D eigenvalue weighted by atomic mass is 10.1. The van der Waals surface area contributed by atoms with E-state index in [2.05, 4.69) is 4.74 Å². The number of hydrogen-bond donors (Lipinski definition) is 1. The van der Waals surface area contributed by atoms with Crippen LogP contribution in [0.2, 0.25) is 0 Å². The van der Waals surface area contributed by atoms with Gasteiger partial charge in [-0.05, 0) is 18.8 Å². The standard InChI is InChI=1S/C10H19NO3/c1-13-10(12)9(11)7-14-6-8-4-2-3-5-8/h8-9H,2-7,11H2,1H3. The van der Waals surface area contributed by atoms with Crippen LogP contribution in [0.3, 0.4) is 0 Å². The van der Waals surface area contributed by atoms with Crippen LogP contribution in [0.1, 0.15) is 25.7 Å². The molecule has 0 saturated heterocycles. The lowest BCUT2D eigenvalue weighted by Gasteiger charge is -2.12. The van der Waals surface area contributed by atoms with Crippen molar-refractivity contribution in [3.8, 4) is 0 Å². The smallest absolute Gasteiger partial charge is 0.325 e. The van der Waals surface area contributed by atoms with Crippen LogP contribution in [0.15, 0.2) is 0 Å². The Morgan fingerprint density at radius 1 is 1.50 bits per heavy atom. The molecule has 0 spiro atoms. The highest BCUT2D eigenvalue weighted by molar-refractivity contribution is 5.75. The van der Waals surface area contributed by atoms with Gasteiger partial charge in [0.2, 0.25) is 0 Å². The second-order valence-corrected chi connectivity index (χ2v) is 3.82. The zero-order valence-corrected chi connectivity index (χ0v) is 8.70. The first-order valence-corrected chi connectivity index (χ1v) is 5.15. The second kappa shape index (κ2) is 5.98. The Kier molecular flexibility index (Phi) is 4.90. The number of rotatable bonds is 5. The number of carbonyl (C=O) groups is 1. The van der Waals surface area contributed by atoms with E-state index >= 15 is 0 Å². The van der Waals surface area contributed by atoms with Gasteiger partial charge in [0.15, 0.2) is 0 Å². The maximum absolute atomic E-state index is 10.9. The van der Waals surface area contributed by atoms with Crippen molar-refractivity contribution < 1.29 is 14.3 Å². The van der Waals surface area contributed by atoms with Crippen molar-refractivity contribution in [2.45, 2.75) is 31.7 Å². The molecular weight excluding hydrogens is 182 g/mol. The zero-order valence-electron chi connectivity index (χ0n) is 8.70. The first-order valence-electron chi connectivity index (χ1n) is 5.15. The Morgan fingerprint density at radius 3 is 2.71 bits per heavy atom. The summed E-state index contributed by atoms with van der Waals surface area (Å²) in [5.74, 6) is 0.260. The Morgan fingerprint density at radius 2 is 2.14 bits per heavy atom. The Bertz CT molecular complexity index is 178. The molecule has 0 radical (unpaired) electrons. The quantitative estimate of drug-likeness (QED) is 0.665. The van der Waals surface area contributed by atoms with Crippen LogP contribution in [0.25, 0.3) is 0 Å². The number of nitrogens with two attached hydrogens (primary N) is 1. The first-order chi connectivity index (χ1) is 6.74. The van der Waals surface area contributed by atoms with E-state index < -0.39 is 12.0 Å². The van der Waals surface area contributed by atoms with Gasteiger partial charge in [0.1, 0.15) is 6.04 Å².